The number of pyridine rings is 1. The minimum Gasteiger partial charge on any atom is -0.307 e. The Labute approximate surface area is 155 Å². The fourth-order valence-electron chi connectivity index (χ4n) is 3.10. The second-order valence-electron chi connectivity index (χ2n) is 6.62. The largest absolute Gasteiger partial charge is 0.307 e. The lowest BCUT2D eigenvalue weighted by Gasteiger charge is -2.15. The molecule has 0 spiro atoms. The third kappa shape index (κ3) is 2.90. The molecule has 3 heterocycles. The molecule has 0 aliphatic carbocycles. The van der Waals surface area contributed by atoms with Crippen molar-refractivity contribution >= 4 is 28.3 Å². The fourth-order valence-corrected chi connectivity index (χ4v) is 4.11. The van der Waals surface area contributed by atoms with E-state index in [9.17, 15) is 4.79 Å². The van der Waals surface area contributed by atoms with Crippen LogP contribution in [0.1, 0.15) is 31.1 Å². The minimum absolute atomic E-state index is 0.0129. The van der Waals surface area contributed by atoms with Gasteiger partial charge in [0.2, 0.25) is 0 Å². The van der Waals surface area contributed by atoms with Gasteiger partial charge < -0.3 is 4.40 Å². The van der Waals surface area contributed by atoms with Crippen molar-refractivity contribution in [3.05, 3.63) is 70.4 Å². The zero-order chi connectivity index (χ0) is 18.3. The standard InChI is InChI=1S/C20H20N4OS/c1-13(2)24-19(25)16-8-4-5-9-17(16)22-20(24)26-12-15-11-23-10-6-7-14(3)18(23)21-15/h4-11,13H,12H2,1-3H3. The van der Waals surface area contributed by atoms with E-state index in [1.807, 2.05) is 61.0 Å². The Kier molecular flexibility index (Phi) is 4.28. The van der Waals surface area contributed by atoms with Gasteiger partial charge in [0.15, 0.2) is 5.16 Å². The summed E-state index contributed by atoms with van der Waals surface area (Å²) in [5.41, 5.74) is 3.84. The first-order chi connectivity index (χ1) is 12.5. The summed E-state index contributed by atoms with van der Waals surface area (Å²) in [6.07, 6.45) is 4.04. The average molecular weight is 364 g/mol. The smallest absolute Gasteiger partial charge is 0.262 e. The van der Waals surface area contributed by atoms with Gasteiger partial charge in [-0.2, -0.15) is 0 Å². The maximum Gasteiger partial charge on any atom is 0.262 e. The zero-order valence-corrected chi connectivity index (χ0v) is 15.8. The summed E-state index contributed by atoms with van der Waals surface area (Å²) in [4.78, 5) is 22.3. The van der Waals surface area contributed by atoms with Crippen molar-refractivity contribution in [2.24, 2.45) is 0 Å². The SMILES string of the molecule is Cc1cccn2cc(CSc3nc4ccccc4c(=O)n3C(C)C)nc12. The molecule has 132 valence electrons. The van der Waals surface area contributed by atoms with E-state index in [1.165, 1.54) is 0 Å². The Balaban J connectivity index is 1.73. The van der Waals surface area contributed by atoms with Gasteiger partial charge in [-0.25, -0.2) is 9.97 Å². The molecule has 0 saturated carbocycles. The van der Waals surface area contributed by atoms with Crippen LogP contribution in [0, 0.1) is 6.92 Å². The quantitative estimate of drug-likeness (QED) is 0.402. The molecular weight excluding hydrogens is 344 g/mol. The normalized spacial score (nSPS) is 11.7. The van der Waals surface area contributed by atoms with Crippen LogP contribution < -0.4 is 5.56 Å². The van der Waals surface area contributed by atoms with Gasteiger partial charge in [0.1, 0.15) is 5.65 Å². The van der Waals surface area contributed by atoms with Crippen LogP contribution in [-0.2, 0) is 5.75 Å². The molecule has 0 aliphatic rings. The van der Waals surface area contributed by atoms with Gasteiger partial charge >= 0.3 is 0 Å². The summed E-state index contributed by atoms with van der Waals surface area (Å²) in [7, 11) is 0. The summed E-state index contributed by atoms with van der Waals surface area (Å²) in [6, 6.07) is 11.6. The number of benzene rings is 1. The molecule has 0 amide bonds. The summed E-state index contributed by atoms with van der Waals surface area (Å²) >= 11 is 1.55. The third-order valence-corrected chi connectivity index (χ3v) is 5.36. The van der Waals surface area contributed by atoms with E-state index in [1.54, 1.807) is 16.3 Å². The number of imidazole rings is 1. The van der Waals surface area contributed by atoms with Crippen molar-refractivity contribution in [3.8, 4) is 0 Å². The second-order valence-corrected chi connectivity index (χ2v) is 7.57. The number of aromatic nitrogens is 4. The molecule has 0 saturated heterocycles. The van der Waals surface area contributed by atoms with E-state index in [0.29, 0.717) is 11.1 Å². The highest BCUT2D eigenvalue weighted by Gasteiger charge is 2.14. The molecule has 5 nitrogen and oxygen atoms in total. The molecule has 0 unspecified atom stereocenters. The number of thioether (sulfide) groups is 1. The Hall–Kier alpha value is -2.60. The van der Waals surface area contributed by atoms with E-state index in [-0.39, 0.29) is 11.6 Å². The van der Waals surface area contributed by atoms with Crippen molar-refractivity contribution in [1.29, 1.82) is 0 Å². The number of hydrogen-bond acceptors (Lipinski definition) is 4. The highest BCUT2D eigenvalue weighted by atomic mass is 32.2. The second kappa shape index (κ2) is 6.61. The molecule has 0 aliphatic heterocycles. The lowest BCUT2D eigenvalue weighted by Crippen LogP contribution is -2.25. The van der Waals surface area contributed by atoms with Crippen molar-refractivity contribution in [2.45, 2.75) is 37.7 Å². The summed E-state index contributed by atoms with van der Waals surface area (Å²) < 4.78 is 3.81. The fraction of sp³-hybridized carbons (Fsp3) is 0.250. The Morgan fingerprint density at radius 1 is 1.12 bits per heavy atom. The van der Waals surface area contributed by atoms with E-state index < -0.39 is 0 Å². The maximum absolute atomic E-state index is 12.9. The Bertz CT molecular complexity index is 1160. The molecule has 3 aromatic heterocycles. The molecule has 0 atom stereocenters. The van der Waals surface area contributed by atoms with Crippen LogP contribution in [0.15, 0.2) is 58.7 Å². The van der Waals surface area contributed by atoms with Crippen LogP contribution in [-0.4, -0.2) is 18.9 Å². The molecule has 4 aromatic rings. The van der Waals surface area contributed by atoms with Gasteiger partial charge in [0.05, 0.1) is 16.6 Å². The van der Waals surface area contributed by atoms with Crippen molar-refractivity contribution in [3.63, 3.8) is 0 Å². The topological polar surface area (TPSA) is 52.2 Å². The third-order valence-electron chi connectivity index (χ3n) is 4.37. The summed E-state index contributed by atoms with van der Waals surface area (Å²) in [5, 5.41) is 1.39. The monoisotopic (exact) mass is 364 g/mol. The number of aryl methyl sites for hydroxylation is 1. The molecular formula is C20H20N4OS. The van der Waals surface area contributed by atoms with E-state index in [2.05, 4.69) is 13.0 Å². The number of fused-ring (bicyclic) bond motifs is 2. The number of rotatable bonds is 4. The molecule has 1 aromatic carbocycles. The molecule has 0 fully saturated rings. The van der Waals surface area contributed by atoms with Crippen LogP contribution in [0.25, 0.3) is 16.6 Å². The predicted molar refractivity (Wildman–Crippen MR) is 106 cm³/mol. The first-order valence-corrected chi connectivity index (χ1v) is 9.60. The van der Waals surface area contributed by atoms with Crippen LogP contribution in [0.5, 0.6) is 0 Å². The van der Waals surface area contributed by atoms with Gasteiger partial charge in [0, 0.05) is 24.2 Å². The van der Waals surface area contributed by atoms with Crippen LogP contribution in [0.4, 0.5) is 0 Å². The van der Waals surface area contributed by atoms with Gasteiger partial charge in [0.25, 0.3) is 5.56 Å². The van der Waals surface area contributed by atoms with Gasteiger partial charge in [-0.05, 0) is 44.5 Å². The Morgan fingerprint density at radius 2 is 1.92 bits per heavy atom. The van der Waals surface area contributed by atoms with Crippen LogP contribution >= 0.6 is 11.8 Å². The number of nitrogens with zero attached hydrogens (tertiary/aromatic N) is 4. The lowest BCUT2D eigenvalue weighted by atomic mass is 10.2. The van der Waals surface area contributed by atoms with Gasteiger partial charge in [-0.3, -0.25) is 9.36 Å². The molecule has 6 heteroatoms. The highest BCUT2D eigenvalue weighted by Crippen LogP contribution is 2.24. The summed E-state index contributed by atoms with van der Waals surface area (Å²) in [5.74, 6) is 0.665. The van der Waals surface area contributed by atoms with Crippen LogP contribution in [0.3, 0.4) is 0 Å². The average Bonchev–Trinajstić information content (AvgIpc) is 3.04. The summed E-state index contributed by atoms with van der Waals surface area (Å²) in [6.45, 7) is 6.08. The Morgan fingerprint density at radius 3 is 2.69 bits per heavy atom. The van der Waals surface area contributed by atoms with E-state index in [4.69, 9.17) is 9.97 Å². The van der Waals surface area contributed by atoms with Crippen LogP contribution in [0.2, 0.25) is 0 Å². The molecule has 0 bridgehead atoms. The lowest BCUT2D eigenvalue weighted by molar-refractivity contribution is 0.519. The van der Waals surface area contributed by atoms with E-state index in [0.717, 1.165) is 27.6 Å². The number of hydrogen-bond donors (Lipinski definition) is 0. The van der Waals surface area contributed by atoms with Gasteiger partial charge in [-0.15, -0.1) is 0 Å². The van der Waals surface area contributed by atoms with Crippen molar-refractivity contribution < 1.29 is 0 Å². The molecule has 0 radical (unpaired) electrons. The molecule has 26 heavy (non-hydrogen) atoms. The van der Waals surface area contributed by atoms with E-state index >= 15 is 0 Å². The minimum atomic E-state index is 0.0129. The van der Waals surface area contributed by atoms with Crippen molar-refractivity contribution in [2.75, 3.05) is 0 Å². The zero-order valence-electron chi connectivity index (χ0n) is 15.0. The number of para-hydroxylation sites is 1. The first kappa shape index (κ1) is 16.8. The highest BCUT2D eigenvalue weighted by molar-refractivity contribution is 7.98. The van der Waals surface area contributed by atoms with Gasteiger partial charge in [-0.1, -0.05) is 30.0 Å². The molecule has 4 rings (SSSR count). The predicted octanol–water partition coefficient (Wildman–Crippen LogP) is 4.23. The maximum atomic E-state index is 12.9. The molecule has 0 N–H and O–H groups in total. The first-order valence-electron chi connectivity index (χ1n) is 8.62. The van der Waals surface area contributed by atoms with Crippen molar-refractivity contribution in [1.82, 2.24) is 18.9 Å².